The number of rotatable bonds is 4. The average molecular weight is 319 g/mol. The van der Waals surface area contributed by atoms with Crippen LogP contribution < -0.4 is 4.72 Å². The maximum atomic E-state index is 12.3. The third-order valence-corrected chi connectivity index (χ3v) is 4.30. The lowest BCUT2D eigenvalue weighted by Crippen LogP contribution is -2.13. The number of aromatic nitrogens is 1. The van der Waals surface area contributed by atoms with Crippen LogP contribution >= 0.6 is 0 Å². The molecular formula is C13H9N3O5S. The molecule has 0 amide bonds. The zero-order chi connectivity index (χ0) is 15.7. The van der Waals surface area contributed by atoms with E-state index in [0.29, 0.717) is 11.1 Å². The molecule has 0 bridgehead atoms. The van der Waals surface area contributed by atoms with E-state index in [1.165, 1.54) is 36.7 Å². The summed E-state index contributed by atoms with van der Waals surface area (Å²) in [5.41, 5.74) is 1.01. The summed E-state index contributed by atoms with van der Waals surface area (Å²) < 4.78 is 32.0. The highest BCUT2D eigenvalue weighted by Gasteiger charge is 2.18. The van der Waals surface area contributed by atoms with Crippen LogP contribution in [0.25, 0.3) is 11.1 Å². The Hall–Kier alpha value is -2.94. The quantitative estimate of drug-likeness (QED) is 0.583. The molecule has 0 aliphatic heterocycles. The Morgan fingerprint density at radius 2 is 2.00 bits per heavy atom. The van der Waals surface area contributed by atoms with Gasteiger partial charge in [0, 0.05) is 12.1 Å². The number of benzene rings is 2. The van der Waals surface area contributed by atoms with Crippen molar-refractivity contribution in [2.75, 3.05) is 4.72 Å². The van der Waals surface area contributed by atoms with Gasteiger partial charge in [0.1, 0.15) is 5.52 Å². The smallest absolute Gasteiger partial charge is 0.270 e. The van der Waals surface area contributed by atoms with Gasteiger partial charge in [0.2, 0.25) is 0 Å². The van der Waals surface area contributed by atoms with Crippen molar-refractivity contribution in [2.24, 2.45) is 0 Å². The number of hydrogen-bond acceptors (Lipinski definition) is 6. The zero-order valence-corrected chi connectivity index (χ0v) is 11.8. The Bertz CT molecular complexity index is 964. The molecule has 0 fully saturated rings. The second kappa shape index (κ2) is 5.11. The zero-order valence-electron chi connectivity index (χ0n) is 11.0. The second-order valence-electron chi connectivity index (χ2n) is 4.39. The van der Waals surface area contributed by atoms with Crippen molar-refractivity contribution in [1.29, 1.82) is 0 Å². The highest BCUT2D eigenvalue weighted by molar-refractivity contribution is 7.92. The van der Waals surface area contributed by atoms with Crippen LogP contribution in [-0.2, 0) is 10.0 Å². The highest BCUT2D eigenvalue weighted by Crippen LogP contribution is 2.22. The molecule has 1 N–H and O–H groups in total. The SMILES string of the molecule is O=[N+]([O-])c1cccc(S(=O)(=O)Nc2ccc3ocnc3c2)c1. The van der Waals surface area contributed by atoms with E-state index in [2.05, 4.69) is 9.71 Å². The number of anilines is 1. The van der Waals surface area contributed by atoms with Crippen LogP contribution in [0.5, 0.6) is 0 Å². The van der Waals surface area contributed by atoms with E-state index in [1.807, 2.05) is 0 Å². The minimum Gasteiger partial charge on any atom is -0.443 e. The van der Waals surface area contributed by atoms with Crippen LogP contribution in [-0.4, -0.2) is 18.3 Å². The molecule has 3 rings (SSSR count). The number of hydrogen-bond donors (Lipinski definition) is 1. The van der Waals surface area contributed by atoms with Gasteiger partial charge in [-0.25, -0.2) is 13.4 Å². The van der Waals surface area contributed by atoms with Gasteiger partial charge < -0.3 is 4.42 Å². The monoisotopic (exact) mass is 319 g/mol. The largest absolute Gasteiger partial charge is 0.443 e. The lowest BCUT2D eigenvalue weighted by atomic mass is 10.3. The van der Waals surface area contributed by atoms with Gasteiger partial charge in [-0.2, -0.15) is 0 Å². The van der Waals surface area contributed by atoms with E-state index in [-0.39, 0.29) is 16.3 Å². The number of sulfonamides is 1. The molecule has 0 aliphatic rings. The molecule has 0 unspecified atom stereocenters. The predicted octanol–water partition coefficient (Wildman–Crippen LogP) is 2.54. The summed E-state index contributed by atoms with van der Waals surface area (Å²) in [5.74, 6) is 0. The number of nitrogens with zero attached hydrogens (tertiary/aromatic N) is 2. The van der Waals surface area contributed by atoms with Crippen molar-refractivity contribution >= 4 is 32.5 Å². The minimum absolute atomic E-state index is 0.193. The number of nitro groups is 1. The molecule has 1 heterocycles. The van der Waals surface area contributed by atoms with Crippen molar-refractivity contribution in [3.63, 3.8) is 0 Å². The lowest BCUT2D eigenvalue weighted by Gasteiger charge is -2.07. The molecule has 22 heavy (non-hydrogen) atoms. The minimum atomic E-state index is -3.93. The highest BCUT2D eigenvalue weighted by atomic mass is 32.2. The molecule has 2 aromatic carbocycles. The van der Waals surface area contributed by atoms with Crippen LogP contribution in [0.15, 0.2) is 58.2 Å². The van der Waals surface area contributed by atoms with Crippen molar-refractivity contribution in [2.45, 2.75) is 4.90 Å². The summed E-state index contributed by atoms with van der Waals surface area (Å²) in [4.78, 5) is 13.8. The summed E-state index contributed by atoms with van der Waals surface area (Å²) in [7, 11) is -3.93. The van der Waals surface area contributed by atoms with Gasteiger partial charge in [0.25, 0.3) is 15.7 Å². The van der Waals surface area contributed by atoms with Crippen LogP contribution in [0.3, 0.4) is 0 Å². The maximum absolute atomic E-state index is 12.3. The van der Waals surface area contributed by atoms with Gasteiger partial charge in [-0.05, 0) is 24.3 Å². The van der Waals surface area contributed by atoms with E-state index in [0.717, 1.165) is 6.07 Å². The Kier molecular flexibility index (Phi) is 3.26. The first kappa shape index (κ1) is 14.0. The van der Waals surface area contributed by atoms with Crippen molar-refractivity contribution in [3.05, 3.63) is 59.0 Å². The fraction of sp³-hybridized carbons (Fsp3) is 0. The molecule has 0 spiro atoms. The molecule has 3 aromatic rings. The van der Waals surface area contributed by atoms with Crippen LogP contribution in [0.1, 0.15) is 0 Å². The number of fused-ring (bicyclic) bond motifs is 1. The fourth-order valence-corrected chi connectivity index (χ4v) is 2.99. The normalized spacial score (nSPS) is 11.5. The Labute approximate surface area is 124 Å². The molecule has 112 valence electrons. The van der Waals surface area contributed by atoms with Crippen molar-refractivity contribution in [1.82, 2.24) is 4.98 Å². The maximum Gasteiger partial charge on any atom is 0.270 e. The first-order chi connectivity index (χ1) is 10.5. The Morgan fingerprint density at radius 3 is 2.77 bits per heavy atom. The summed E-state index contributed by atoms with van der Waals surface area (Å²) in [6, 6.07) is 9.42. The lowest BCUT2D eigenvalue weighted by molar-refractivity contribution is -0.385. The van der Waals surface area contributed by atoms with Gasteiger partial charge in [0.05, 0.1) is 15.5 Å². The van der Waals surface area contributed by atoms with E-state index in [4.69, 9.17) is 4.42 Å². The molecule has 0 saturated heterocycles. The van der Waals surface area contributed by atoms with Gasteiger partial charge in [-0.3, -0.25) is 14.8 Å². The van der Waals surface area contributed by atoms with Crippen LogP contribution in [0.2, 0.25) is 0 Å². The van der Waals surface area contributed by atoms with Crippen molar-refractivity contribution in [3.8, 4) is 0 Å². The Morgan fingerprint density at radius 1 is 1.18 bits per heavy atom. The van der Waals surface area contributed by atoms with Gasteiger partial charge in [0.15, 0.2) is 12.0 Å². The third-order valence-electron chi connectivity index (χ3n) is 2.92. The molecular weight excluding hydrogens is 310 g/mol. The first-order valence-electron chi connectivity index (χ1n) is 6.06. The molecule has 0 radical (unpaired) electrons. The molecule has 1 aromatic heterocycles. The number of nitrogens with one attached hydrogen (secondary N) is 1. The summed E-state index contributed by atoms with van der Waals surface area (Å²) in [6.07, 6.45) is 1.25. The first-order valence-corrected chi connectivity index (χ1v) is 7.54. The van der Waals surface area contributed by atoms with Crippen molar-refractivity contribution < 1.29 is 17.8 Å². The van der Waals surface area contributed by atoms with Gasteiger partial charge in [-0.1, -0.05) is 6.07 Å². The average Bonchev–Trinajstić information content (AvgIpc) is 2.94. The van der Waals surface area contributed by atoms with Crippen LogP contribution in [0.4, 0.5) is 11.4 Å². The topological polar surface area (TPSA) is 115 Å². The second-order valence-corrected chi connectivity index (χ2v) is 6.08. The standard InChI is InChI=1S/C13H9N3O5S/c17-16(18)10-2-1-3-11(7-10)22(19,20)15-9-4-5-13-12(6-9)14-8-21-13/h1-8,15H. The van der Waals surface area contributed by atoms with E-state index >= 15 is 0 Å². The molecule has 0 aliphatic carbocycles. The number of non-ortho nitro benzene ring substituents is 1. The fourth-order valence-electron chi connectivity index (χ4n) is 1.90. The predicted molar refractivity (Wildman–Crippen MR) is 77.9 cm³/mol. The van der Waals surface area contributed by atoms with E-state index < -0.39 is 14.9 Å². The van der Waals surface area contributed by atoms with E-state index in [1.54, 1.807) is 6.07 Å². The van der Waals surface area contributed by atoms with Crippen LogP contribution in [0, 0.1) is 10.1 Å². The summed E-state index contributed by atoms with van der Waals surface area (Å²) in [5, 5.41) is 10.7. The third kappa shape index (κ3) is 2.61. The Balaban J connectivity index is 1.95. The number of nitro benzene ring substituents is 1. The molecule has 0 saturated carbocycles. The molecule has 8 nitrogen and oxygen atoms in total. The van der Waals surface area contributed by atoms with Gasteiger partial charge >= 0.3 is 0 Å². The van der Waals surface area contributed by atoms with Gasteiger partial charge in [-0.15, -0.1) is 0 Å². The summed E-state index contributed by atoms with van der Waals surface area (Å²) >= 11 is 0. The summed E-state index contributed by atoms with van der Waals surface area (Å²) in [6.45, 7) is 0. The molecule has 0 atom stereocenters. The number of oxazole rings is 1. The molecule has 9 heteroatoms. The van der Waals surface area contributed by atoms with E-state index in [9.17, 15) is 18.5 Å².